The van der Waals surface area contributed by atoms with E-state index in [-0.39, 0.29) is 41.9 Å². The van der Waals surface area contributed by atoms with Gasteiger partial charge in [-0.3, -0.25) is 4.79 Å². The first-order valence-electron chi connectivity index (χ1n) is 9.97. The Morgan fingerprint density at radius 3 is 2.68 bits per heavy atom. The third-order valence-corrected chi connectivity index (χ3v) is 6.57. The average Bonchev–Trinajstić information content (AvgIpc) is 2.78. The minimum absolute atomic E-state index is 0.0465. The Morgan fingerprint density at radius 2 is 2.00 bits per heavy atom. The number of carbonyl (C=O) groups is 1. The Morgan fingerprint density at radius 1 is 1.26 bits per heavy atom. The van der Waals surface area contributed by atoms with Gasteiger partial charge in [-0.05, 0) is 38.1 Å². The van der Waals surface area contributed by atoms with Gasteiger partial charge in [0.15, 0.2) is 0 Å². The van der Waals surface area contributed by atoms with Crippen molar-refractivity contribution in [1.29, 1.82) is 0 Å². The number of carbonyl (C=O) groups excluding carboxylic acids is 1. The first-order valence-corrected chi connectivity index (χ1v) is 11.4. The third-order valence-electron chi connectivity index (χ3n) is 4.65. The molecule has 1 fully saturated rings. The Balaban J connectivity index is 1.80. The molecule has 1 aromatic heterocycles. The van der Waals surface area contributed by atoms with Gasteiger partial charge in [0.05, 0.1) is 26.4 Å². The fourth-order valence-electron chi connectivity index (χ4n) is 3.11. The molecule has 31 heavy (non-hydrogen) atoms. The summed E-state index contributed by atoms with van der Waals surface area (Å²) < 4.78 is 43.7. The lowest BCUT2D eigenvalue weighted by atomic mass is 10.2. The molecule has 2 aromatic rings. The highest BCUT2D eigenvalue weighted by atomic mass is 32.2. The van der Waals surface area contributed by atoms with Crippen LogP contribution in [0.25, 0.3) is 0 Å². The molecule has 0 unspecified atom stereocenters. The van der Waals surface area contributed by atoms with Crippen LogP contribution in [0, 0.1) is 0 Å². The number of hydrogen-bond acceptors (Lipinski definition) is 7. The minimum Gasteiger partial charge on any atom is -0.495 e. The largest absolute Gasteiger partial charge is 0.495 e. The van der Waals surface area contributed by atoms with E-state index in [1.807, 2.05) is 19.9 Å². The van der Waals surface area contributed by atoms with Crippen LogP contribution in [-0.2, 0) is 21.3 Å². The number of benzene rings is 1. The molecular formula is C21H27N3O6S. The van der Waals surface area contributed by atoms with Gasteiger partial charge in [-0.2, -0.15) is 4.31 Å². The van der Waals surface area contributed by atoms with Gasteiger partial charge in [-0.1, -0.05) is 6.07 Å². The van der Waals surface area contributed by atoms with Crippen molar-refractivity contribution in [3.63, 3.8) is 0 Å². The van der Waals surface area contributed by atoms with E-state index in [0.717, 1.165) is 5.56 Å². The second kappa shape index (κ2) is 10.1. The number of ether oxygens (including phenoxy) is 3. The molecule has 1 amide bonds. The van der Waals surface area contributed by atoms with E-state index in [4.69, 9.17) is 14.2 Å². The fraction of sp³-hybridized carbons (Fsp3) is 0.429. The molecule has 10 heteroatoms. The minimum atomic E-state index is -3.83. The molecule has 0 bridgehead atoms. The fourth-order valence-corrected chi connectivity index (χ4v) is 4.70. The molecule has 2 heterocycles. The van der Waals surface area contributed by atoms with Crippen LogP contribution in [0.15, 0.2) is 41.4 Å². The topological polar surface area (TPSA) is 107 Å². The van der Waals surface area contributed by atoms with Crippen molar-refractivity contribution in [2.75, 3.05) is 33.4 Å². The molecule has 1 aliphatic heterocycles. The van der Waals surface area contributed by atoms with Crippen molar-refractivity contribution in [3.05, 3.63) is 47.7 Å². The Bertz CT molecular complexity index is 1020. The van der Waals surface area contributed by atoms with Gasteiger partial charge in [0.1, 0.15) is 10.6 Å². The van der Waals surface area contributed by atoms with E-state index in [0.29, 0.717) is 19.1 Å². The predicted octanol–water partition coefficient (Wildman–Crippen LogP) is 1.83. The number of hydrogen-bond donors (Lipinski definition) is 1. The summed E-state index contributed by atoms with van der Waals surface area (Å²) in [4.78, 5) is 16.9. The van der Waals surface area contributed by atoms with Crippen LogP contribution in [0.3, 0.4) is 0 Å². The van der Waals surface area contributed by atoms with Gasteiger partial charge >= 0.3 is 0 Å². The lowest BCUT2D eigenvalue weighted by Gasteiger charge is -2.26. The number of aromatic nitrogens is 1. The first-order chi connectivity index (χ1) is 14.8. The van der Waals surface area contributed by atoms with Gasteiger partial charge in [-0.15, -0.1) is 0 Å². The third kappa shape index (κ3) is 5.52. The zero-order chi connectivity index (χ0) is 22.4. The van der Waals surface area contributed by atoms with E-state index >= 15 is 0 Å². The molecule has 9 nitrogen and oxygen atoms in total. The standard InChI is InChI=1S/C21H27N3O6S/c1-15(2)30-21-17(5-4-8-22-21)14-23-20(25)16-6-7-18(28-3)19(13-16)31(26,27)24-9-11-29-12-10-24/h4-8,13,15H,9-12,14H2,1-3H3,(H,23,25). The summed E-state index contributed by atoms with van der Waals surface area (Å²) >= 11 is 0. The zero-order valence-electron chi connectivity index (χ0n) is 17.8. The molecule has 0 spiro atoms. The monoisotopic (exact) mass is 449 g/mol. The summed E-state index contributed by atoms with van der Waals surface area (Å²) in [5.74, 6) is 0.214. The number of nitrogens with one attached hydrogen (secondary N) is 1. The van der Waals surface area contributed by atoms with Crippen molar-refractivity contribution < 1.29 is 27.4 Å². The normalized spacial score (nSPS) is 15.0. The summed E-state index contributed by atoms with van der Waals surface area (Å²) in [6, 6.07) is 7.93. The smallest absolute Gasteiger partial charge is 0.251 e. The summed E-state index contributed by atoms with van der Waals surface area (Å²) in [5, 5.41) is 2.80. The number of morpholine rings is 1. The maximum Gasteiger partial charge on any atom is 0.251 e. The van der Waals surface area contributed by atoms with Crippen LogP contribution >= 0.6 is 0 Å². The second-order valence-corrected chi connectivity index (χ2v) is 9.11. The average molecular weight is 450 g/mol. The van der Waals surface area contributed by atoms with Gasteiger partial charge < -0.3 is 19.5 Å². The number of methoxy groups -OCH3 is 1. The second-order valence-electron chi connectivity index (χ2n) is 7.20. The Labute approximate surface area is 182 Å². The quantitative estimate of drug-likeness (QED) is 0.655. The molecule has 1 aromatic carbocycles. The molecule has 0 saturated carbocycles. The molecule has 0 radical (unpaired) electrons. The van der Waals surface area contributed by atoms with Crippen LogP contribution in [0.1, 0.15) is 29.8 Å². The number of rotatable bonds is 8. The summed E-state index contributed by atoms with van der Waals surface area (Å²) in [5.41, 5.74) is 0.932. The molecule has 1 saturated heterocycles. The maximum absolute atomic E-state index is 13.1. The maximum atomic E-state index is 13.1. The Kier molecular flexibility index (Phi) is 7.47. The van der Waals surface area contributed by atoms with Crippen LogP contribution in [0.2, 0.25) is 0 Å². The predicted molar refractivity (Wildman–Crippen MR) is 114 cm³/mol. The summed E-state index contributed by atoms with van der Waals surface area (Å²) in [6.45, 7) is 5.13. The van der Waals surface area contributed by atoms with E-state index in [1.54, 1.807) is 12.3 Å². The highest BCUT2D eigenvalue weighted by Crippen LogP contribution is 2.28. The number of nitrogens with zero attached hydrogens (tertiary/aromatic N) is 2. The molecule has 0 aliphatic carbocycles. The van der Waals surface area contributed by atoms with Crippen LogP contribution in [0.5, 0.6) is 11.6 Å². The number of pyridine rings is 1. The van der Waals surface area contributed by atoms with Gasteiger partial charge in [-0.25, -0.2) is 13.4 Å². The van der Waals surface area contributed by atoms with Gasteiger partial charge in [0, 0.05) is 37.0 Å². The van der Waals surface area contributed by atoms with Gasteiger partial charge in [0.2, 0.25) is 15.9 Å². The molecule has 3 rings (SSSR count). The first kappa shape index (κ1) is 23.0. The molecule has 168 valence electrons. The lowest BCUT2D eigenvalue weighted by molar-refractivity contribution is 0.0729. The van der Waals surface area contributed by atoms with Crippen LogP contribution < -0.4 is 14.8 Å². The van der Waals surface area contributed by atoms with Gasteiger partial charge in [0.25, 0.3) is 5.91 Å². The lowest BCUT2D eigenvalue weighted by Crippen LogP contribution is -2.40. The van der Waals surface area contributed by atoms with Crippen LogP contribution in [0.4, 0.5) is 0 Å². The van der Waals surface area contributed by atoms with E-state index in [2.05, 4.69) is 10.3 Å². The van der Waals surface area contributed by atoms with Crippen molar-refractivity contribution in [2.24, 2.45) is 0 Å². The van der Waals surface area contributed by atoms with E-state index in [1.165, 1.54) is 29.6 Å². The molecule has 1 aliphatic rings. The zero-order valence-corrected chi connectivity index (χ0v) is 18.6. The number of sulfonamides is 1. The highest BCUT2D eigenvalue weighted by Gasteiger charge is 2.30. The Hall–Kier alpha value is -2.69. The summed E-state index contributed by atoms with van der Waals surface area (Å²) in [6.07, 6.45) is 1.56. The summed E-state index contributed by atoms with van der Waals surface area (Å²) in [7, 11) is -2.43. The molecule has 0 atom stereocenters. The highest BCUT2D eigenvalue weighted by molar-refractivity contribution is 7.89. The van der Waals surface area contributed by atoms with Crippen LogP contribution in [-0.4, -0.2) is 63.1 Å². The molecular weight excluding hydrogens is 422 g/mol. The van der Waals surface area contributed by atoms with Crippen molar-refractivity contribution >= 4 is 15.9 Å². The molecule has 1 N–H and O–H groups in total. The van der Waals surface area contributed by atoms with E-state index < -0.39 is 15.9 Å². The van der Waals surface area contributed by atoms with Crippen molar-refractivity contribution in [1.82, 2.24) is 14.6 Å². The van der Waals surface area contributed by atoms with Crippen molar-refractivity contribution in [2.45, 2.75) is 31.4 Å². The van der Waals surface area contributed by atoms with Crippen molar-refractivity contribution in [3.8, 4) is 11.6 Å². The van der Waals surface area contributed by atoms with E-state index in [9.17, 15) is 13.2 Å². The number of amides is 1. The SMILES string of the molecule is COc1ccc(C(=O)NCc2cccnc2OC(C)C)cc1S(=O)(=O)N1CCOCC1.